The minimum Gasteiger partial charge on any atom is -0.368 e. The first-order chi connectivity index (χ1) is 12.6. The summed E-state index contributed by atoms with van der Waals surface area (Å²) in [5.74, 6) is 0. The van der Waals surface area contributed by atoms with Gasteiger partial charge in [-0.2, -0.15) is 0 Å². The molecular weight excluding hydrogens is 358 g/mol. The number of rotatable bonds is 7. The van der Waals surface area contributed by atoms with Crippen LogP contribution in [0.5, 0.6) is 0 Å². The van der Waals surface area contributed by atoms with Crippen molar-refractivity contribution in [3.63, 3.8) is 0 Å². The van der Waals surface area contributed by atoms with Gasteiger partial charge >= 0.3 is 0 Å². The van der Waals surface area contributed by atoms with E-state index in [4.69, 9.17) is 12.2 Å². The normalized spacial score (nSPS) is 15.8. The van der Waals surface area contributed by atoms with Crippen molar-refractivity contribution in [1.82, 2.24) is 9.80 Å². The number of fused-ring (bicyclic) bond motifs is 1. The average molecular weight is 390 g/mol. The van der Waals surface area contributed by atoms with Crippen LogP contribution in [0.3, 0.4) is 0 Å². The molecule has 142 valence electrons. The largest absolute Gasteiger partial charge is 0.368 e. The number of benzene rings is 1. The van der Waals surface area contributed by atoms with Crippen LogP contribution in [0.2, 0.25) is 0 Å². The van der Waals surface area contributed by atoms with Gasteiger partial charge in [-0.15, -0.1) is 11.3 Å². The number of nitrogens with zero attached hydrogens (tertiary/aromatic N) is 3. The molecule has 1 aromatic carbocycles. The fraction of sp³-hybridized carbons (Fsp3) is 0.571. The van der Waals surface area contributed by atoms with E-state index in [0.29, 0.717) is 6.04 Å². The van der Waals surface area contributed by atoms with E-state index in [9.17, 15) is 0 Å². The first-order valence-corrected chi connectivity index (χ1v) is 11.1. The van der Waals surface area contributed by atoms with Gasteiger partial charge in [-0.25, -0.2) is 0 Å². The lowest BCUT2D eigenvalue weighted by Crippen LogP contribution is -2.46. The number of unbranched alkanes of at least 4 members (excludes halogenated alkanes) is 1. The second-order valence-corrected chi connectivity index (χ2v) is 8.99. The Kier molecular flexibility index (Phi) is 6.90. The molecule has 0 N–H and O–H groups in total. The van der Waals surface area contributed by atoms with Crippen molar-refractivity contribution in [3.05, 3.63) is 29.6 Å². The highest BCUT2D eigenvalue weighted by Gasteiger charge is 2.18. The van der Waals surface area contributed by atoms with Gasteiger partial charge in [0, 0.05) is 54.5 Å². The lowest BCUT2D eigenvalue weighted by Gasteiger charge is -2.36. The topological polar surface area (TPSA) is 9.72 Å². The Labute approximate surface area is 167 Å². The number of piperazine rings is 1. The molecule has 5 heteroatoms. The van der Waals surface area contributed by atoms with Crippen LogP contribution >= 0.6 is 23.6 Å². The van der Waals surface area contributed by atoms with Crippen molar-refractivity contribution < 1.29 is 0 Å². The smallest absolute Gasteiger partial charge is 0.0750 e. The van der Waals surface area contributed by atoms with Gasteiger partial charge in [0.2, 0.25) is 0 Å². The molecule has 0 amide bonds. The lowest BCUT2D eigenvalue weighted by atomic mass is 10.1. The van der Waals surface area contributed by atoms with Gasteiger partial charge in [-0.1, -0.05) is 18.3 Å². The van der Waals surface area contributed by atoms with Crippen molar-refractivity contribution >= 4 is 44.3 Å². The van der Waals surface area contributed by atoms with Crippen molar-refractivity contribution in [2.45, 2.75) is 39.7 Å². The predicted octanol–water partition coefficient (Wildman–Crippen LogP) is 4.86. The van der Waals surface area contributed by atoms with Crippen molar-refractivity contribution in [1.29, 1.82) is 0 Å². The van der Waals surface area contributed by atoms with E-state index in [-0.39, 0.29) is 0 Å². The van der Waals surface area contributed by atoms with Gasteiger partial charge in [0.1, 0.15) is 0 Å². The molecule has 0 radical (unpaired) electrons. The fourth-order valence-corrected chi connectivity index (χ4v) is 4.97. The van der Waals surface area contributed by atoms with Crippen LogP contribution in [-0.4, -0.2) is 60.1 Å². The van der Waals surface area contributed by atoms with Crippen molar-refractivity contribution in [2.75, 3.05) is 44.2 Å². The highest BCUT2D eigenvalue weighted by molar-refractivity contribution is 7.80. The number of thiophene rings is 1. The molecule has 1 aliphatic rings. The molecule has 0 aliphatic carbocycles. The molecule has 0 saturated carbocycles. The first kappa shape index (κ1) is 19.6. The van der Waals surface area contributed by atoms with Crippen LogP contribution in [0.4, 0.5) is 5.69 Å². The molecule has 0 spiro atoms. The molecule has 0 unspecified atom stereocenters. The summed E-state index contributed by atoms with van der Waals surface area (Å²) in [6, 6.07) is 9.47. The summed E-state index contributed by atoms with van der Waals surface area (Å²) in [5, 5.41) is 3.61. The SMILES string of the molecule is CC(=S)N(CCCCN1CCN(c2cccc3sccc23)CC1)C(C)C. The Morgan fingerprint density at radius 2 is 1.92 bits per heavy atom. The van der Waals surface area contributed by atoms with E-state index in [1.54, 1.807) is 0 Å². The van der Waals surface area contributed by atoms with E-state index in [1.165, 1.54) is 48.2 Å². The maximum Gasteiger partial charge on any atom is 0.0750 e. The van der Waals surface area contributed by atoms with Gasteiger partial charge < -0.3 is 9.80 Å². The van der Waals surface area contributed by atoms with Gasteiger partial charge in [0.05, 0.1) is 4.99 Å². The second-order valence-electron chi connectivity index (χ2n) is 7.45. The van der Waals surface area contributed by atoms with Crippen LogP contribution in [0.15, 0.2) is 29.6 Å². The van der Waals surface area contributed by atoms with Crippen LogP contribution < -0.4 is 4.90 Å². The van der Waals surface area contributed by atoms with Crippen LogP contribution in [0.25, 0.3) is 10.1 Å². The molecule has 1 aromatic heterocycles. The molecule has 2 heterocycles. The molecule has 1 fully saturated rings. The van der Waals surface area contributed by atoms with E-state index in [0.717, 1.165) is 24.6 Å². The molecule has 2 aromatic rings. The Morgan fingerprint density at radius 1 is 1.15 bits per heavy atom. The number of hydrogen-bond acceptors (Lipinski definition) is 4. The van der Waals surface area contributed by atoms with E-state index in [1.807, 2.05) is 18.3 Å². The summed E-state index contributed by atoms with van der Waals surface area (Å²) in [7, 11) is 0. The van der Waals surface area contributed by atoms with Crippen molar-refractivity contribution in [2.24, 2.45) is 0 Å². The molecule has 3 nitrogen and oxygen atoms in total. The van der Waals surface area contributed by atoms with Crippen LogP contribution in [-0.2, 0) is 0 Å². The van der Waals surface area contributed by atoms with Gasteiger partial charge in [-0.05, 0) is 63.7 Å². The minimum atomic E-state index is 0.510. The Bertz CT molecular complexity index is 717. The lowest BCUT2D eigenvalue weighted by molar-refractivity contribution is 0.246. The number of hydrogen-bond donors (Lipinski definition) is 0. The monoisotopic (exact) mass is 389 g/mol. The predicted molar refractivity (Wildman–Crippen MR) is 120 cm³/mol. The minimum absolute atomic E-state index is 0.510. The molecule has 1 aliphatic heterocycles. The molecule has 3 rings (SSSR count). The summed E-state index contributed by atoms with van der Waals surface area (Å²) in [6.45, 7) is 13.4. The zero-order valence-electron chi connectivity index (χ0n) is 16.3. The Balaban J connectivity index is 1.43. The number of thiocarbonyl (C=S) groups is 1. The quantitative estimate of drug-likeness (QED) is 0.494. The third kappa shape index (κ3) is 4.76. The maximum atomic E-state index is 5.37. The van der Waals surface area contributed by atoms with E-state index < -0.39 is 0 Å². The third-order valence-electron chi connectivity index (χ3n) is 5.34. The van der Waals surface area contributed by atoms with E-state index in [2.05, 4.69) is 58.2 Å². The highest BCUT2D eigenvalue weighted by atomic mass is 32.1. The Morgan fingerprint density at radius 3 is 2.62 bits per heavy atom. The van der Waals surface area contributed by atoms with Gasteiger partial charge in [0.15, 0.2) is 0 Å². The standard InChI is InChI=1S/C21H31N3S2/c1-17(2)24(18(3)25)11-5-4-10-22-12-14-23(15-13-22)20-7-6-8-21-19(20)9-16-26-21/h6-9,16-17H,4-5,10-15H2,1-3H3. The van der Waals surface area contributed by atoms with Crippen LogP contribution in [0, 0.1) is 0 Å². The Hall–Kier alpha value is -1.17. The molecule has 0 atom stereocenters. The molecule has 0 bridgehead atoms. The van der Waals surface area contributed by atoms with Gasteiger partial charge in [-0.3, -0.25) is 4.90 Å². The second kappa shape index (κ2) is 9.16. The maximum absolute atomic E-state index is 5.37. The van der Waals surface area contributed by atoms with Crippen molar-refractivity contribution in [3.8, 4) is 0 Å². The average Bonchev–Trinajstić information content (AvgIpc) is 3.10. The zero-order chi connectivity index (χ0) is 18.5. The highest BCUT2D eigenvalue weighted by Crippen LogP contribution is 2.31. The summed E-state index contributed by atoms with van der Waals surface area (Å²) < 4.78 is 1.40. The fourth-order valence-electron chi connectivity index (χ4n) is 3.86. The summed E-state index contributed by atoms with van der Waals surface area (Å²) in [6.07, 6.45) is 2.48. The van der Waals surface area contributed by atoms with Gasteiger partial charge in [0.25, 0.3) is 0 Å². The molecular formula is C21H31N3S2. The van der Waals surface area contributed by atoms with Crippen LogP contribution in [0.1, 0.15) is 33.6 Å². The first-order valence-electron chi connectivity index (χ1n) is 9.77. The zero-order valence-corrected chi connectivity index (χ0v) is 17.9. The molecule has 26 heavy (non-hydrogen) atoms. The third-order valence-corrected chi connectivity index (χ3v) is 6.45. The van der Waals surface area contributed by atoms with E-state index >= 15 is 0 Å². The molecule has 1 saturated heterocycles. The summed E-state index contributed by atoms with van der Waals surface area (Å²) in [4.78, 5) is 8.54. The number of anilines is 1. The summed E-state index contributed by atoms with van der Waals surface area (Å²) in [5.41, 5.74) is 1.41. The summed E-state index contributed by atoms with van der Waals surface area (Å²) >= 11 is 7.20.